The summed E-state index contributed by atoms with van der Waals surface area (Å²) in [5, 5.41) is 7.11. The molecule has 0 aliphatic carbocycles. The second-order valence-electron chi connectivity index (χ2n) is 5.88. The van der Waals surface area contributed by atoms with Crippen molar-refractivity contribution in [1.29, 1.82) is 0 Å². The third-order valence-electron chi connectivity index (χ3n) is 3.87. The monoisotopic (exact) mass is 443 g/mol. The van der Waals surface area contributed by atoms with Gasteiger partial charge in [0.25, 0.3) is 0 Å². The van der Waals surface area contributed by atoms with Crippen LogP contribution in [-0.2, 0) is 21.2 Å². The Hall–Kier alpha value is -1.32. The van der Waals surface area contributed by atoms with Gasteiger partial charge < -0.3 is 5.32 Å². The molecule has 1 unspecified atom stereocenters. The Morgan fingerprint density at radius 2 is 2.08 bits per heavy atom. The number of hydrogen-bond donors (Lipinski definition) is 1. The second-order valence-corrected chi connectivity index (χ2v) is 10.3. The van der Waals surface area contributed by atoms with Crippen molar-refractivity contribution in [2.75, 3.05) is 22.6 Å². The van der Waals surface area contributed by atoms with Gasteiger partial charge in [0.1, 0.15) is 5.82 Å². The van der Waals surface area contributed by atoms with Gasteiger partial charge in [-0.2, -0.15) is 5.10 Å². The van der Waals surface area contributed by atoms with Gasteiger partial charge in [0.15, 0.2) is 9.84 Å². The van der Waals surface area contributed by atoms with E-state index < -0.39 is 9.84 Å². The molecule has 0 saturated carbocycles. The van der Waals surface area contributed by atoms with Crippen molar-refractivity contribution >= 4 is 49.3 Å². The molecule has 2 heterocycles. The molecule has 3 rings (SSSR count). The summed E-state index contributed by atoms with van der Waals surface area (Å²) in [5.41, 5.74) is 1.08. The summed E-state index contributed by atoms with van der Waals surface area (Å²) in [6.45, 7) is 0.559. The van der Waals surface area contributed by atoms with Gasteiger partial charge in [-0.3, -0.25) is 4.79 Å². The molecule has 6 nitrogen and oxygen atoms in total. The van der Waals surface area contributed by atoms with Crippen molar-refractivity contribution in [3.05, 3.63) is 46.6 Å². The molecule has 0 spiro atoms. The van der Waals surface area contributed by atoms with Crippen LogP contribution >= 0.6 is 27.7 Å². The average Bonchev–Trinajstić information content (AvgIpc) is 3.14. The number of aromatic nitrogens is 2. The van der Waals surface area contributed by atoms with Crippen LogP contribution < -0.4 is 5.32 Å². The Morgan fingerprint density at radius 3 is 2.76 bits per heavy atom. The zero-order valence-electron chi connectivity index (χ0n) is 13.4. The second kappa shape index (κ2) is 7.92. The summed E-state index contributed by atoms with van der Waals surface area (Å²) in [4.78, 5) is 12.1. The van der Waals surface area contributed by atoms with E-state index in [-0.39, 0.29) is 28.4 Å². The molecule has 25 heavy (non-hydrogen) atoms. The van der Waals surface area contributed by atoms with Crippen LogP contribution in [-0.4, -0.2) is 46.6 Å². The number of carbonyl (C=O) groups is 1. The van der Waals surface area contributed by atoms with Crippen LogP contribution in [0.4, 0.5) is 5.82 Å². The molecule has 1 saturated heterocycles. The third kappa shape index (κ3) is 5.32. The first kappa shape index (κ1) is 18.5. The minimum absolute atomic E-state index is 0.0171. The average molecular weight is 444 g/mol. The molecule has 2 aromatic rings. The van der Waals surface area contributed by atoms with E-state index in [1.807, 2.05) is 24.3 Å². The number of nitrogens with one attached hydrogen (secondary N) is 1. The van der Waals surface area contributed by atoms with Crippen LogP contribution in [0.1, 0.15) is 12.0 Å². The van der Waals surface area contributed by atoms with Crippen molar-refractivity contribution in [3.8, 4) is 0 Å². The van der Waals surface area contributed by atoms with Crippen molar-refractivity contribution in [2.45, 2.75) is 18.2 Å². The molecule has 1 aliphatic rings. The first-order chi connectivity index (χ1) is 11.9. The van der Waals surface area contributed by atoms with E-state index in [1.54, 1.807) is 16.9 Å². The van der Waals surface area contributed by atoms with Crippen LogP contribution in [0.2, 0.25) is 0 Å². The summed E-state index contributed by atoms with van der Waals surface area (Å²) in [6.07, 6.45) is 2.27. The Morgan fingerprint density at radius 1 is 1.32 bits per heavy atom. The zero-order valence-corrected chi connectivity index (χ0v) is 16.6. The molecule has 0 bridgehead atoms. The fourth-order valence-corrected chi connectivity index (χ4v) is 6.30. The van der Waals surface area contributed by atoms with Crippen LogP contribution in [0.25, 0.3) is 0 Å². The number of thioether (sulfide) groups is 1. The lowest BCUT2D eigenvalue weighted by Gasteiger charge is -2.10. The normalized spacial score (nSPS) is 19.0. The fourth-order valence-electron chi connectivity index (χ4n) is 2.59. The van der Waals surface area contributed by atoms with E-state index >= 15 is 0 Å². The van der Waals surface area contributed by atoms with E-state index in [0.29, 0.717) is 18.8 Å². The first-order valence-corrected chi connectivity index (χ1v) is 11.5. The molecule has 1 N–H and O–H groups in total. The number of halogens is 1. The predicted molar refractivity (Wildman–Crippen MR) is 104 cm³/mol. The molecule has 134 valence electrons. The maximum atomic E-state index is 12.1. The van der Waals surface area contributed by atoms with Crippen LogP contribution in [0.5, 0.6) is 0 Å². The summed E-state index contributed by atoms with van der Waals surface area (Å²) in [6, 6.07) is 9.66. The molecular weight excluding hydrogens is 426 g/mol. The van der Waals surface area contributed by atoms with E-state index in [9.17, 15) is 13.2 Å². The van der Waals surface area contributed by atoms with Gasteiger partial charge in [0.05, 0.1) is 30.0 Å². The Bertz CT molecular complexity index is 850. The number of nitrogens with zero attached hydrogens (tertiary/aromatic N) is 2. The quantitative estimate of drug-likeness (QED) is 0.741. The highest BCUT2D eigenvalue weighted by atomic mass is 79.9. The van der Waals surface area contributed by atoms with Gasteiger partial charge in [0, 0.05) is 15.8 Å². The third-order valence-corrected chi connectivity index (χ3v) is 7.68. The van der Waals surface area contributed by atoms with Gasteiger partial charge in [-0.25, -0.2) is 13.1 Å². The summed E-state index contributed by atoms with van der Waals surface area (Å²) in [7, 11) is -2.91. The Balaban J connectivity index is 1.54. The van der Waals surface area contributed by atoms with Gasteiger partial charge in [-0.1, -0.05) is 28.1 Å². The fraction of sp³-hybridized carbons (Fsp3) is 0.375. The number of anilines is 1. The minimum Gasteiger partial charge on any atom is -0.310 e. The number of benzene rings is 1. The summed E-state index contributed by atoms with van der Waals surface area (Å²) >= 11 is 4.80. The number of amides is 1. The van der Waals surface area contributed by atoms with Gasteiger partial charge in [0.2, 0.25) is 5.91 Å². The van der Waals surface area contributed by atoms with Crippen LogP contribution in [0, 0.1) is 0 Å². The standard InChI is InChI=1S/C16H18BrN3O3S2/c17-13-3-1-12(2-4-13)9-20-15(5-7-18-20)19-16(21)10-24-14-6-8-25(22,23)11-14/h1-5,7,14H,6,8-11H2,(H,19,21). The maximum absolute atomic E-state index is 12.1. The minimum atomic E-state index is -2.91. The molecule has 1 aromatic heterocycles. The van der Waals surface area contributed by atoms with E-state index in [2.05, 4.69) is 26.3 Å². The lowest BCUT2D eigenvalue weighted by molar-refractivity contribution is -0.113. The predicted octanol–water partition coefficient (Wildman–Crippen LogP) is 2.55. The molecule has 1 amide bonds. The van der Waals surface area contributed by atoms with Crippen LogP contribution in [0.15, 0.2) is 41.0 Å². The largest absolute Gasteiger partial charge is 0.310 e. The smallest absolute Gasteiger partial charge is 0.235 e. The highest BCUT2D eigenvalue weighted by Gasteiger charge is 2.28. The molecule has 9 heteroatoms. The van der Waals surface area contributed by atoms with Crippen molar-refractivity contribution in [3.63, 3.8) is 0 Å². The zero-order chi connectivity index (χ0) is 17.9. The topological polar surface area (TPSA) is 81.1 Å². The number of carbonyl (C=O) groups excluding carboxylic acids is 1. The van der Waals surface area contributed by atoms with E-state index in [1.165, 1.54) is 11.8 Å². The molecule has 0 radical (unpaired) electrons. The molecular formula is C16H18BrN3O3S2. The van der Waals surface area contributed by atoms with Gasteiger partial charge in [-0.15, -0.1) is 11.8 Å². The van der Waals surface area contributed by atoms with Gasteiger partial charge >= 0.3 is 0 Å². The van der Waals surface area contributed by atoms with Crippen molar-refractivity contribution < 1.29 is 13.2 Å². The van der Waals surface area contributed by atoms with E-state index in [0.717, 1.165) is 10.0 Å². The first-order valence-electron chi connectivity index (χ1n) is 7.79. The highest BCUT2D eigenvalue weighted by molar-refractivity contribution is 9.10. The van der Waals surface area contributed by atoms with Crippen molar-refractivity contribution in [1.82, 2.24) is 9.78 Å². The Labute approximate surface area is 159 Å². The highest BCUT2D eigenvalue weighted by Crippen LogP contribution is 2.24. The number of rotatable bonds is 6. The lowest BCUT2D eigenvalue weighted by atomic mass is 10.2. The SMILES string of the molecule is O=C(CSC1CCS(=O)(=O)C1)Nc1ccnn1Cc1ccc(Br)cc1. The van der Waals surface area contributed by atoms with E-state index in [4.69, 9.17) is 0 Å². The molecule has 1 atom stereocenters. The molecule has 1 aromatic carbocycles. The van der Waals surface area contributed by atoms with Gasteiger partial charge in [-0.05, 0) is 24.1 Å². The lowest BCUT2D eigenvalue weighted by Crippen LogP contribution is -2.19. The number of sulfone groups is 1. The Kier molecular flexibility index (Phi) is 5.85. The molecule has 1 fully saturated rings. The summed E-state index contributed by atoms with van der Waals surface area (Å²) < 4.78 is 25.6. The van der Waals surface area contributed by atoms with Crippen molar-refractivity contribution in [2.24, 2.45) is 0 Å². The maximum Gasteiger partial charge on any atom is 0.235 e. The molecule has 1 aliphatic heterocycles. The summed E-state index contributed by atoms with van der Waals surface area (Å²) in [5.74, 6) is 1.13. The van der Waals surface area contributed by atoms with Crippen LogP contribution in [0.3, 0.4) is 0 Å². The number of hydrogen-bond acceptors (Lipinski definition) is 5.